The Morgan fingerprint density at radius 2 is 1.33 bits per heavy atom. The summed E-state index contributed by atoms with van der Waals surface area (Å²) in [5.41, 5.74) is 0. The summed E-state index contributed by atoms with van der Waals surface area (Å²) in [6.45, 7) is 0. The van der Waals surface area contributed by atoms with Crippen molar-refractivity contribution in [1.82, 2.24) is 0 Å². The molecule has 0 atom stereocenters. The minimum atomic E-state index is 0.938. The van der Waals surface area contributed by atoms with E-state index in [0.717, 1.165) is 24.0 Å². The van der Waals surface area contributed by atoms with Crippen LogP contribution in [0, 0.1) is 0 Å². The molecule has 0 aromatic carbocycles. The Labute approximate surface area is 61.3 Å². The van der Waals surface area contributed by atoms with Gasteiger partial charge in [0.25, 0.3) is 0 Å². The Bertz CT molecular complexity index is 21.0. The molecule has 0 radical (unpaired) electrons. The molecular weight excluding hydrogens is 286 g/mol. The van der Waals surface area contributed by atoms with Gasteiger partial charge < -0.3 is 0 Å². The van der Waals surface area contributed by atoms with Gasteiger partial charge in [-0.2, -0.15) is 0 Å². The first-order chi connectivity index (χ1) is 3.00. The summed E-state index contributed by atoms with van der Waals surface area (Å²) >= 11 is 1.88. The van der Waals surface area contributed by atoms with Crippen LogP contribution in [0.25, 0.3) is 0 Å². The molecule has 0 amide bonds. The Morgan fingerprint density at radius 3 is 1.50 bits per heavy atom. The number of hydrogen-bond acceptors (Lipinski definition) is 4. The molecule has 1 heterocycles. The third kappa shape index (κ3) is 2.67. The van der Waals surface area contributed by atoms with Gasteiger partial charge in [0.2, 0.25) is 0 Å². The molecule has 0 saturated carbocycles. The standard InChI is InChI=1S/S4Se2/c1-2-4-6-5-3-1. The van der Waals surface area contributed by atoms with E-state index in [4.69, 9.17) is 0 Å². The van der Waals surface area contributed by atoms with Gasteiger partial charge in [0.15, 0.2) is 0 Å². The second-order valence-electron chi connectivity index (χ2n) is 0.408. The maximum absolute atomic E-state index is 2.04. The first-order valence-electron chi connectivity index (χ1n) is 1.00. The molecule has 0 aromatic rings. The summed E-state index contributed by atoms with van der Waals surface area (Å²) in [6, 6.07) is 0. The van der Waals surface area contributed by atoms with E-state index in [9.17, 15) is 0 Å². The molecule has 1 rings (SSSR count). The normalized spacial score (nSPS) is 24.0. The van der Waals surface area contributed by atoms with E-state index in [2.05, 4.69) is 0 Å². The Kier molecular flexibility index (Phi) is 4.73. The fraction of sp³-hybridized carbons (Fsp3) is 0. The summed E-state index contributed by atoms with van der Waals surface area (Å²) in [5.74, 6) is 0. The van der Waals surface area contributed by atoms with Crippen molar-refractivity contribution in [3.63, 3.8) is 0 Å². The summed E-state index contributed by atoms with van der Waals surface area (Å²) in [5, 5.41) is 0. The van der Waals surface area contributed by atoms with Crippen LogP contribution in [0.1, 0.15) is 0 Å². The second kappa shape index (κ2) is 4.33. The third-order valence-corrected chi connectivity index (χ3v) is 30.3. The SMILES string of the molecule is S1SS[Se][Se]S1. The van der Waals surface area contributed by atoms with Crippen molar-refractivity contribution in [3.8, 4) is 0 Å². The first-order valence-corrected chi connectivity index (χ1v) is 14.2. The predicted octanol–water partition coefficient (Wildman–Crippen LogP) is 1.83. The van der Waals surface area contributed by atoms with E-state index in [-0.39, 0.29) is 0 Å². The van der Waals surface area contributed by atoms with Crippen LogP contribution in [0.4, 0.5) is 0 Å². The Hall–Kier alpha value is 2.44. The zero-order valence-corrected chi connectivity index (χ0v) is 9.14. The average molecular weight is 286 g/mol. The monoisotopic (exact) mass is 288 g/mol. The van der Waals surface area contributed by atoms with E-state index in [1.807, 2.05) is 38.1 Å². The molecule has 1 saturated heterocycles. The van der Waals surface area contributed by atoms with Crippen molar-refractivity contribution in [2.24, 2.45) is 0 Å². The van der Waals surface area contributed by atoms with Crippen molar-refractivity contribution in [2.75, 3.05) is 0 Å². The number of hydrogen-bond donors (Lipinski definition) is 0. The van der Waals surface area contributed by atoms with Crippen LogP contribution in [0.15, 0.2) is 0 Å². The van der Waals surface area contributed by atoms with E-state index < -0.39 is 0 Å². The van der Waals surface area contributed by atoms with Gasteiger partial charge in [0, 0.05) is 0 Å². The summed E-state index contributed by atoms with van der Waals surface area (Å²) in [6.07, 6.45) is 0. The third-order valence-electron chi connectivity index (χ3n) is 0.167. The van der Waals surface area contributed by atoms with Crippen LogP contribution in [0.3, 0.4) is 0 Å². The van der Waals surface area contributed by atoms with Crippen molar-refractivity contribution in [1.29, 1.82) is 0 Å². The Morgan fingerprint density at radius 1 is 0.833 bits per heavy atom. The molecule has 1 aliphatic rings. The van der Waals surface area contributed by atoms with Crippen molar-refractivity contribution in [3.05, 3.63) is 0 Å². The summed E-state index contributed by atoms with van der Waals surface area (Å²) in [7, 11) is 7.96. The molecule has 6 heavy (non-hydrogen) atoms. The molecule has 6 heteroatoms. The van der Waals surface area contributed by atoms with Gasteiger partial charge in [-0.3, -0.25) is 0 Å². The molecule has 0 aliphatic carbocycles. The summed E-state index contributed by atoms with van der Waals surface area (Å²) < 4.78 is 0. The van der Waals surface area contributed by atoms with Crippen LogP contribution >= 0.6 is 38.1 Å². The second-order valence-corrected chi connectivity index (χ2v) is 21.1. The van der Waals surface area contributed by atoms with Gasteiger partial charge in [-0.15, -0.1) is 0 Å². The maximum atomic E-state index is 2.04. The van der Waals surface area contributed by atoms with Crippen LogP contribution in [0.5, 0.6) is 0 Å². The zero-order valence-electron chi connectivity index (χ0n) is 2.45. The summed E-state index contributed by atoms with van der Waals surface area (Å²) in [4.78, 5) is 0. The van der Waals surface area contributed by atoms with Crippen molar-refractivity contribution in [2.45, 2.75) is 0 Å². The minimum absolute atomic E-state index is 0.938. The fourth-order valence-corrected chi connectivity index (χ4v) is 42.6. The molecule has 1 aliphatic heterocycles. The van der Waals surface area contributed by atoms with E-state index in [1.165, 1.54) is 0 Å². The topological polar surface area (TPSA) is 0 Å². The quantitative estimate of drug-likeness (QED) is 0.492. The Balaban J connectivity index is 2.00. The fourth-order valence-electron chi connectivity index (χ4n) is 0.0680. The van der Waals surface area contributed by atoms with Crippen LogP contribution < -0.4 is 0 Å². The number of rotatable bonds is 0. The van der Waals surface area contributed by atoms with E-state index in [1.54, 1.807) is 0 Å². The van der Waals surface area contributed by atoms with Crippen LogP contribution in [0.2, 0.25) is 0 Å². The predicted molar refractivity (Wildman–Crippen MR) is 41.9 cm³/mol. The average Bonchev–Trinajstić information content (AvgIpc) is 1.72. The van der Waals surface area contributed by atoms with Gasteiger partial charge in [-0.1, -0.05) is 0 Å². The van der Waals surface area contributed by atoms with Crippen LogP contribution in [-0.2, 0) is 0 Å². The zero-order chi connectivity index (χ0) is 4.24. The molecule has 0 spiro atoms. The van der Waals surface area contributed by atoms with Gasteiger partial charge in [-0.05, 0) is 0 Å². The van der Waals surface area contributed by atoms with Gasteiger partial charge in [0.05, 0.1) is 0 Å². The van der Waals surface area contributed by atoms with Gasteiger partial charge in [0.1, 0.15) is 0 Å². The first kappa shape index (κ1) is 6.56. The van der Waals surface area contributed by atoms with Gasteiger partial charge in [-0.25, -0.2) is 0 Å². The van der Waals surface area contributed by atoms with Crippen molar-refractivity contribution >= 4 is 62.1 Å². The molecule has 36 valence electrons. The molecule has 1 fully saturated rings. The van der Waals surface area contributed by atoms with E-state index in [0.29, 0.717) is 0 Å². The molecule has 0 aromatic heterocycles. The van der Waals surface area contributed by atoms with Crippen LogP contribution in [-0.4, -0.2) is 24.0 Å². The van der Waals surface area contributed by atoms with Gasteiger partial charge >= 0.3 is 62.1 Å². The van der Waals surface area contributed by atoms with Crippen molar-refractivity contribution < 1.29 is 0 Å². The molecular formula is S4Se2. The van der Waals surface area contributed by atoms with E-state index >= 15 is 0 Å². The molecule has 0 N–H and O–H groups in total. The molecule has 0 unspecified atom stereocenters. The molecule has 0 bridgehead atoms. The molecule has 0 nitrogen and oxygen atoms in total.